The molecule has 0 aliphatic heterocycles. The molecule has 0 radical (unpaired) electrons. The zero-order chi connectivity index (χ0) is 11.1. The summed E-state index contributed by atoms with van der Waals surface area (Å²) >= 11 is 6.13. The number of hydrogen-bond donors (Lipinski definition) is 0. The number of hydrogen-bond acceptors (Lipinski definition) is 0. The number of halogens is 1. The van der Waals surface area contributed by atoms with Crippen LogP contribution in [0.4, 0.5) is 0 Å². The first-order chi connectivity index (χ1) is 7.26. The minimum atomic E-state index is 0.708. The van der Waals surface area contributed by atoms with E-state index in [2.05, 4.69) is 44.2 Å². The zero-order valence-corrected chi connectivity index (χ0v) is 10.5. The fourth-order valence-corrected chi connectivity index (χ4v) is 2.35. The lowest BCUT2D eigenvalue weighted by Crippen LogP contribution is -2.46. The number of benzene rings is 1. The van der Waals surface area contributed by atoms with Gasteiger partial charge in [-0.15, -0.1) is 0 Å². The molecule has 1 aromatic carbocycles. The third-order valence-electron chi connectivity index (χ3n) is 2.98. The smallest absolute Gasteiger partial charge is 0.155 e. The molecule has 84 valence electrons. The van der Waals surface area contributed by atoms with Crippen LogP contribution in [0.3, 0.4) is 0 Å². The Bertz CT molecular complexity index is 267. The number of rotatable bonds is 6. The highest BCUT2D eigenvalue weighted by molar-refractivity contribution is 6.16. The molecule has 0 saturated carbocycles. The highest BCUT2D eigenvalue weighted by Gasteiger charge is 2.23. The van der Waals surface area contributed by atoms with Gasteiger partial charge in [-0.3, -0.25) is 0 Å². The van der Waals surface area contributed by atoms with Gasteiger partial charge in [-0.05, 0) is 13.3 Å². The Hall–Kier alpha value is -0.530. The first-order valence-corrected chi connectivity index (χ1v) is 6.25. The van der Waals surface area contributed by atoms with E-state index < -0.39 is 0 Å². The van der Waals surface area contributed by atoms with Crippen LogP contribution in [0.15, 0.2) is 30.3 Å². The van der Waals surface area contributed by atoms with Crippen LogP contribution in [-0.2, 0) is 6.54 Å². The van der Waals surface area contributed by atoms with Gasteiger partial charge in [0.1, 0.15) is 6.54 Å². The molecule has 2 heteroatoms. The highest BCUT2D eigenvalue weighted by atomic mass is 35.5. The van der Waals surface area contributed by atoms with Gasteiger partial charge in [0.05, 0.1) is 13.1 Å². The molecule has 0 saturated heterocycles. The Labute approximate surface area is 98.3 Å². The predicted molar refractivity (Wildman–Crippen MR) is 66.8 cm³/mol. The van der Waals surface area contributed by atoms with E-state index in [9.17, 15) is 0 Å². The van der Waals surface area contributed by atoms with Gasteiger partial charge < -0.3 is 4.48 Å². The van der Waals surface area contributed by atoms with Crippen molar-refractivity contribution in [2.45, 2.75) is 26.8 Å². The second-order valence-electron chi connectivity index (χ2n) is 4.14. The lowest BCUT2D eigenvalue weighted by molar-refractivity contribution is -0.929. The van der Waals surface area contributed by atoms with Gasteiger partial charge in [-0.2, -0.15) is 0 Å². The van der Waals surface area contributed by atoms with Crippen LogP contribution in [0.5, 0.6) is 0 Å². The summed E-state index contributed by atoms with van der Waals surface area (Å²) in [7, 11) is 0. The van der Waals surface area contributed by atoms with E-state index in [1.807, 2.05) is 0 Å². The van der Waals surface area contributed by atoms with E-state index in [0.29, 0.717) is 6.00 Å². The molecule has 1 rings (SSSR count). The summed E-state index contributed by atoms with van der Waals surface area (Å²) in [4.78, 5) is 0. The summed E-state index contributed by atoms with van der Waals surface area (Å²) in [6, 6.07) is 11.3. The average Bonchev–Trinajstić information content (AvgIpc) is 2.30. The van der Waals surface area contributed by atoms with Crippen molar-refractivity contribution in [2.75, 3.05) is 19.1 Å². The third-order valence-corrected chi connectivity index (χ3v) is 3.49. The number of nitrogens with zero attached hydrogens (tertiary/aromatic N) is 1. The molecule has 0 heterocycles. The van der Waals surface area contributed by atoms with E-state index in [4.69, 9.17) is 11.6 Å². The maximum Gasteiger partial charge on any atom is 0.155 e. The second-order valence-corrected chi connectivity index (χ2v) is 4.38. The van der Waals surface area contributed by atoms with Gasteiger partial charge in [0.15, 0.2) is 6.00 Å². The van der Waals surface area contributed by atoms with Crippen LogP contribution >= 0.6 is 11.6 Å². The van der Waals surface area contributed by atoms with Gasteiger partial charge in [-0.25, -0.2) is 0 Å². The van der Waals surface area contributed by atoms with E-state index in [1.54, 1.807) is 0 Å². The Morgan fingerprint density at radius 1 is 1.13 bits per heavy atom. The maximum atomic E-state index is 6.13. The van der Waals surface area contributed by atoms with Crippen LogP contribution in [-0.4, -0.2) is 23.6 Å². The van der Waals surface area contributed by atoms with E-state index in [-0.39, 0.29) is 0 Å². The van der Waals surface area contributed by atoms with Crippen LogP contribution in [0, 0.1) is 0 Å². The largest absolute Gasteiger partial charge is 0.307 e. The number of alkyl halides is 1. The monoisotopic (exact) mass is 226 g/mol. The fourth-order valence-electron chi connectivity index (χ4n) is 1.98. The van der Waals surface area contributed by atoms with E-state index >= 15 is 0 Å². The average molecular weight is 227 g/mol. The van der Waals surface area contributed by atoms with Crippen LogP contribution in [0.25, 0.3) is 0 Å². The molecule has 0 spiro atoms. The summed E-state index contributed by atoms with van der Waals surface area (Å²) in [6.45, 7) is 7.76. The Morgan fingerprint density at radius 2 is 1.80 bits per heavy atom. The zero-order valence-electron chi connectivity index (χ0n) is 9.75. The SMILES string of the molecule is CCC[N+](CC)(CCl)Cc1ccccc1. The van der Waals surface area contributed by atoms with Gasteiger partial charge in [-0.1, -0.05) is 48.9 Å². The van der Waals surface area contributed by atoms with Crippen LogP contribution in [0.2, 0.25) is 0 Å². The molecule has 15 heavy (non-hydrogen) atoms. The Morgan fingerprint density at radius 3 is 2.27 bits per heavy atom. The first-order valence-electron chi connectivity index (χ1n) is 5.71. The van der Waals surface area contributed by atoms with Crippen molar-refractivity contribution in [3.05, 3.63) is 35.9 Å². The molecule has 0 aliphatic rings. The summed E-state index contributed by atoms with van der Waals surface area (Å²) in [5, 5.41) is 0. The fraction of sp³-hybridized carbons (Fsp3) is 0.538. The van der Waals surface area contributed by atoms with Crippen molar-refractivity contribution in [1.82, 2.24) is 0 Å². The molecule has 1 nitrogen and oxygen atoms in total. The molecule has 0 N–H and O–H groups in total. The lowest BCUT2D eigenvalue weighted by Gasteiger charge is -2.35. The molecule has 0 amide bonds. The molecule has 0 aromatic heterocycles. The van der Waals surface area contributed by atoms with Gasteiger partial charge in [0, 0.05) is 5.56 Å². The van der Waals surface area contributed by atoms with Crippen LogP contribution in [0.1, 0.15) is 25.8 Å². The summed E-state index contributed by atoms with van der Waals surface area (Å²) in [6.07, 6.45) is 1.19. The van der Waals surface area contributed by atoms with Crippen molar-refractivity contribution in [3.8, 4) is 0 Å². The summed E-state index contributed by atoms with van der Waals surface area (Å²) in [5.74, 6) is 0. The van der Waals surface area contributed by atoms with Crippen molar-refractivity contribution in [2.24, 2.45) is 0 Å². The third kappa shape index (κ3) is 3.51. The number of quaternary nitrogens is 1. The summed E-state index contributed by atoms with van der Waals surface area (Å²) < 4.78 is 0.988. The lowest BCUT2D eigenvalue weighted by atomic mass is 10.2. The Kier molecular flexibility index (Phi) is 5.13. The standard InChI is InChI=1S/C13H21ClN/c1-3-10-15(4-2,12-14)11-13-8-6-5-7-9-13/h5-9H,3-4,10-12H2,1-2H3/q+1. The van der Waals surface area contributed by atoms with Crippen molar-refractivity contribution in [3.63, 3.8) is 0 Å². The van der Waals surface area contributed by atoms with Crippen LogP contribution < -0.4 is 0 Å². The van der Waals surface area contributed by atoms with E-state index in [0.717, 1.165) is 24.1 Å². The molecular weight excluding hydrogens is 206 g/mol. The topological polar surface area (TPSA) is 0 Å². The molecule has 1 aromatic rings. The summed E-state index contributed by atoms with van der Waals surface area (Å²) in [5.41, 5.74) is 1.38. The quantitative estimate of drug-likeness (QED) is 0.395. The molecule has 1 unspecified atom stereocenters. The van der Waals surface area contributed by atoms with E-state index in [1.165, 1.54) is 12.0 Å². The van der Waals surface area contributed by atoms with Crippen molar-refractivity contribution < 1.29 is 4.48 Å². The minimum absolute atomic E-state index is 0.708. The normalized spacial score (nSPS) is 14.9. The van der Waals surface area contributed by atoms with Gasteiger partial charge in [0.2, 0.25) is 0 Å². The van der Waals surface area contributed by atoms with Crippen molar-refractivity contribution >= 4 is 11.6 Å². The minimum Gasteiger partial charge on any atom is -0.307 e. The molecule has 0 aliphatic carbocycles. The molecular formula is C13H21ClN+. The van der Waals surface area contributed by atoms with Crippen molar-refractivity contribution in [1.29, 1.82) is 0 Å². The van der Waals surface area contributed by atoms with Gasteiger partial charge in [0.25, 0.3) is 0 Å². The highest BCUT2D eigenvalue weighted by Crippen LogP contribution is 2.16. The second kappa shape index (κ2) is 6.14. The maximum absolute atomic E-state index is 6.13. The molecule has 1 atom stereocenters. The molecule has 0 bridgehead atoms. The predicted octanol–water partition coefficient (Wildman–Crippen LogP) is 3.63. The molecule has 0 fully saturated rings. The Balaban J connectivity index is 2.74. The van der Waals surface area contributed by atoms with Gasteiger partial charge >= 0.3 is 0 Å². The first kappa shape index (κ1) is 12.5.